The summed E-state index contributed by atoms with van der Waals surface area (Å²) >= 11 is 5.86. The van der Waals surface area contributed by atoms with Crippen molar-refractivity contribution in [3.05, 3.63) is 33.3 Å². The Balaban J connectivity index is 2.93. The molecule has 0 amide bonds. The molecule has 0 spiro atoms. The summed E-state index contributed by atoms with van der Waals surface area (Å²) in [6, 6.07) is 5.08. The second-order valence-corrected chi connectivity index (χ2v) is 3.25. The first-order chi connectivity index (χ1) is 6.61. The maximum absolute atomic E-state index is 10.7. The molecule has 0 fully saturated rings. The highest BCUT2D eigenvalue weighted by Crippen LogP contribution is 2.30. The SMILES string of the molecule is Cn1nc([N+](=O)[O-])c2c(Cl)cccc21. The summed E-state index contributed by atoms with van der Waals surface area (Å²) in [5, 5.41) is 15.2. The van der Waals surface area contributed by atoms with Crippen molar-refractivity contribution in [2.45, 2.75) is 0 Å². The predicted molar refractivity (Wildman–Crippen MR) is 52.4 cm³/mol. The molecular weight excluding hydrogens is 206 g/mol. The fourth-order valence-corrected chi connectivity index (χ4v) is 1.63. The molecule has 72 valence electrons. The van der Waals surface area contributed by atoms with Crippen LogP contribution in [0.15, 0.2) is 18.2 Å². The molecule has 1 aromatic carbocycles. The van der Waals surface area contributed by atoms with E-state index in [0.717, 1.165) is 0 Å². The van der Waals surface area contributed by atoms with Gasteiger partial charge in [-0.05, 0) is 17.1 Å². The lowest BCUT2D eigenvalue weighted by Crippen LogP contribution is -1.92. The summed E-state index contributed by atoms with van der Waals surface area (Å²) in [5.74, 6) is -0.201. The minimum atomic E-state index is -0.534. The van der Waals surface area contributed by atoms with Gasteiger partial charge < -0.3 is 10.1 Å². The predicted octanol–water partition coefficient (Wildman–Crippen LogP) is 2.13. The van der Waals surface area contributed by atoms with Crippen molar-refractivity contribution in [2.24, 2.45) is 7.05 Å². The number of hydrogen-bond donors (Lipinski definition) is 0. The van der Waals surface area contributed by atoms with Gasteiger partial charge in [-0.25, -0.2) is 0 Å². The first-order valence-corrected chi connectivity index (χ1v) is 4.24. The van der Waals surface area contributed by atoms with Gasteiger partial charge in [0.05, 0.1) is 22.7 Å². The van der Waals surface area contributed by atoms with E-state index in [-0.39, 0.29) is 5.82 Å². The lowest BCUT2D eigenvalue weighted by molar-refractivity contribution is -0.388. The van der Waals surface area contributed by atoms with Crippen LogP contribution in [0.5, 0.6) is 0 Å². The third-order valence-corrected chi connectivity index (χ3v) is 2.30. The zero-order valence-corrected chi connectivity index (χ0v) is 8.02. The number of hydrogen-bond acceptors (Lipinski definition) is 3. The van der Waals surface area contributed by atoms with Crippen LogP contribution in [0.25, 0.3) is 10.9 Å². The molecule has 0 radical (unpaired) electrons. The summed E-state index contributed by atoms with van der Waals surface area (Å²) in [6.45, 7) is 0. The molecule has 0 unspecified atom stereocenters. The number of aromatic nitrogens is 2. The Morgan fingerprint density at radius 1 is 1.57 bits per heavy atom. The van der Waals surface area contributed by atoms with Gasteiger partial charge in [-0.1, -0.05) is 17.7 Å². The highest BCUT2D eigenvalue weighted by molar-refractivity contribution is 6.36. The summed E-state index contributed by atoms with van der Waals surface area (Å²) in [7, 11) is 1.64. The molecule has 5 nitrogen and oxygen atoms in total. The highest BCUT2D eigenvalue weighted by atomic mass is 35.5. The molecule has 0 aliphatic carbocycles. The van der Waals surface area contributed by atoms with E-state index in [9.17, 15) is 10.1 Å². The molecule has 0 bridgehead atoms. The number of nitrogens with zero attached hydrogens (tertiary/aromatic N) is 3. The normalized spacial score (nSPS) is 10.7. The van der Waals surface area contributed by atoms with Gasteiger partial charge in [-0.15, -0.1) is 0 Å². The van der Waals surface area contributed by atoms with Crippen molar-refractivity contribution in [1.82, 2.24) is 9.78 Å². The van der Waals surface area contributed by atoms with Crippen LogP contribution in [-0.4, -0.2) is 14.7 Å². The smallest absolute Gasteiger partial charge is 0.358 e. The zero-order chi connectivity index (χ0) is 10.3. The monoisotopic (exact) mass is 211 g/mol. The quantitative estimate of drug-likeness (QED) is 0.536. The fraction of sp³-hybridized carbons (Fsp3) is 0.125. The Kier molecular flexibility index (Phi) is 1.89. The van der Waals surface area contributed by atoms with E-state index in [4.69, 9.17) is 11.6 Å². The van der Waals surface area contributed by atoms with E-state index >= 15 is 0 Å². The van der Waals surface area contributed by atoms with E-state index in [1.165, 1.54) is 4.68 Å². The van der Waals surface area contributed by atoms with Crippen molar-refractivity contribution < 1.29 is 4.92 Å². The topological polar surface area (TPSA) is 61.0 Å². The van der Waals surface area contributed by atoms with E-state index in [2.05, 4.69) is 5.10 Å². The van der Waals surface area contributed by atoms with Crippen molar-refractivity contribution in [3.63, 3.8) is 0 Å². The van der Waals surface area contributed by atoms with Crippen molar-refractivity contribution in [2.75, 3.05) is 0 Å². The summed E-state index contributed by atoms with van der Waals surface area (Å²) < 4.78 is 1.44. The molecule has 0 N–H and O–H groups in total. The lowest BCUT2D eigenvalue weighted by Gasteiger charge is -1.92. The number of fused-ring (bicyclic) bond motifs is 1. The van der Waals surface area contributed by atoms with Crippen LogP contribution in [0.4, 0.5) is 5.82 Å². The Hall–Kier alpha value is -1.62. The summed E-state index contributed by atoms with van der Waals surface area (Å²) in [4.78, 5) is 10.1. The van der Waals surface area contributed by atoms with Crippen LogP contribution in [0, 0.1) is 10.1 Å². The molecule has 6 heteroatoms. The summed E-state index contributed by atoms with van der Waals surface area (Å²) in [5.41, 5.74) is 0.657. The minimum absolute atomic E-state index is 0.201. The van der Waals surface area contributed by atoms with Crippen LogP contribution in [0.2, 0.25) is 5.02 Å². The third-order valence-electron chi connectivity index (χ3n) is 1.98. The van der Waals surface area contributed by atoms with Crippen LogP contribution < -0.4 is 0 Å². The lowest BCUT2D eigenvalue weighted by atomic mass is 10.2. The van der Waals surface area contributed by atoms with Gasteiger partial charge in [0.2, 0.25) is 0 Å². The van der Waals surface area contributed by atoms with Crippen LogP contribution in [0.3, 0.4) is 0 Å². The minimum Gasteiger partial charge on any atom is -0.358 e. The average molecular weight is 212 g/mol. The van der Waals surface area contributed by atoms with Crippen molar-refractivity contribution in [1.29, 1.82) is 0 Å². The fourth-order valence-electron chi connectivity index (χ4n) is 1.38. The third kappa shape index (κ3) is 1.13. The molecule has 2 aromatic rings. The Morgan fingerprint density at radius 3 is 2.93 bits per heavy atom. The number of aryl methyl sites for hydroxylation is 1. The van der Waals surface area contributed by atoms with Gasteiger partial charge in [-0.3, -0.25) is 0 Å². The van der Waals surface area contributed by atoms with Gasteiger partial charge >= 0.3 is 5.82 Å². The van der Waals surface area contributed by atoms with Gasteiger partial charge in [0, 0.05) is 0 Å². The number of halogens is 1. The first-order valence-electron chi connectivity index (χ1n) is 3.87. The molecule has 14 heavy (non-hydrogen) atoms. The molecule has 0 aliphatic rings. The molecule has 2 rings (SSSR count). The molecule has 1 aromatic heterocycles. The molecule has 1 heterocycles. The molecule has 0 saturated carbocycles. The second-order valence-electron chi connectivity index (χ2n) is 2.84. The maximum atomic E-state index is 10.7. The number of rotatable bonds is 1. The molecule has 0 saturated heterocycles. The molecule has 0 aliphatic heterocycles. The molecule has 0 atom stereocenters. The Labute approximate surface area is 84.0 Å². The maximum Gasteiger partial charge on any atom is 0.399 e. The van der Waals surface area contributed by atoms with E-state index in [1.807, 2.05) is 0 Å². The number of benzene rings is 1. The molecular formula is C8H6ClN3O2. The number of nitro groups is 1. The highest BCUT2D eigenvalue weighted by Gasteiger charge is 2.21. The van der Waals surface area contributed by atoms with Crippen LogP contribution in [0.1, 0.15) is 0 Å². The van der Waals surface area contributed by atoms with Crippen LogP contribution >= 0.6 is 11.6 Å². The average Bonchev–Trinajstić information content (AvgIpc) is 2.46. The van der Waals surface area contributed by atoms with Gasteiger partial charge in [0.15, 0.2) is 0 Å². The summed E-state index contributed by atoms with van der Waals surface area (Å²) in [6.07, 6.45) is 0. The van der Waals surface area contributed by atoms with E-state index in [1.54, 1.807) is 25.2 Å². The van der Waals surface area contributed by atoms with E-state index < -0.39 is 4.92 Å². The van der Waals surface area contributed by atoms with Crippen LogP contribution in [-0.2, 0) is 7.05 Å². The Bertz CT molecular complexity index is 521. The first kappa shape index (κ1) is 8.96. The van der Waals surface area contributed by atoms with Gasteiger partial charge in [0.25, 0.3) is 0 Å². The standard InChI is InChI=1S/C8H6ClN3O2/c1-11-6-4-2-3-5(9)7(6)8(10-11)12(13)14/h2-4H,1H3. The van der Waals surface area contributed by atoms with Crippen molar-refractivity contribution in [3.8, 4) is 0 Å². The Morgan fingerprint density at radius 2 is 2.29 bits per heavy atom. The largest absolute Gasteiger partial charge is 0.399 e. The van der Waals surface area contributed by atoms with Crippen molar-refractivity contribution >= 4 is 28.3 Å². The van der Waals surface area contributed by atoms with Gasteiger partial charge in [0.1, 0.15) is 5.39 Å². The zero-order valence-electron chi connectivity index (χ0n) is 7.27. The second kappa shape index (κ2) is 2.95. The van der Waals surface area contributed by atoms with Gasteiger partial charge in [-0.2, -0.15) is 4.68 Å². The van der Waals surface area contributed by atoms with E-state index in [0.29, 0.717) is 15.9 Å².